The minimum atomic E-state index is -0.611. The van der Waals surface area contributed by atoms with E-state index in [0.29, 0.717) is 19.5 Å². The third kappa shape index (κ3) is 4.12. The van der Waals surface area contributed by atoms with Crippen LogP contribution in [-0.2, 0) is 6.54 Å². The molecule has 0 unspecified atom stereocenters. The minimum Gasteiger partial charge on any atom is -0.352 e. The van der Waals surface area contributed by atoms with Gasteiger partial charge in [0.05, 0.1) is 15.1 Å². The number of aryl methyl sites for hydroxylation is 2. The first kappa shape index (κ1) is 18.4. The molecule has 2 rings (SSSR count). The van der Waals surface area contributed by atoms with Gasteiger partial charge in [-0.15, -0.1) is 0 Å². The van der Waals surface area contributed by atoms with E-state index in [1.165, 1.54) is 18.2 Å². The molecule has 0 saturated heterocycles. The summed E-state index contributed by atoms with van der Waals surface area (Å²) >= 11 is 9.20. The molecule has 0 aliphatic rings. The van der Waals surface area contributed by atoms with Gasteiger partial charge in [-0.2, -0.15) is 5.10 Å². The Kier molecular flexibility index (Phi) is 5.95. The molecule has 0 radical (unpaired) electrons. The molecule has 1 aromatic heterocycles. The number of rotatable bonds is 6. The van der Waals surface area contributed by atoms with Crippen molar-refractivity contribution in [2.75, 3.05) is 6.54 Å². The molecule has 0 bridgehead atoms. The summed E-state index contributed by atoms with van der Waals surface area (Å²) in [6.07, 6.45) is 0.690. The first-order valence-electron chi connectivity index (χ1n) is 7.23. The van der Waals surface area contributed by atoms with E-state index in [4.69, 9.17) is 11.6 Å². The highest BCUT2D eigenvalue weighted by atomic mass is 79.9. The maximum absolute atomic E-state index is 12.1. The maximum Gasteiger partial charge on any atom is 0.288 e. The molecular weight excluding hydrogens is 400 g/mol. The summed E-state index contributed by atoms with van der Waals surface area (Å²) in [5, 5.41) is 18.0. The molecule has 2 aromatic rings. The van der Waals surface area contributed by atoms with Gasteiger partial charge in [-0.05, 0) is 48.3 Å². The van der Waals surface area contributed by atoms with Crippen LogP contribution in [0.3, 0.4) is 0 Å². The number of benzene rings is 1. The van der Waals surface area contributed by atoms with Crippen LogP contribution in [-0.4, -0.2) is 27.2 Å². The summed E-state index contributed by atoms with van der Waals surface area (Å²) in [7, 11) is 0. The predicted octanol–water partition coefficient (Wildman–Crippen LogP) is 3.64. The van der Waals surface area contributed by atoms with Crippen LogP contribution in [0.1, 0.15) is 28.2 Å². The average Bonchev–Trinajstić information content (AvgIpc) is 2.78. The van der Waals surface area contributed by atoms with Crippen molar-refractivity contribution in [1.82, 2.24) is 15.1 Å². The molecule has 0 spiro atoms. The Morgan fingerprint density at radius 3 is 2.75 bits per heavy atom. The number of nitro groups is 1. The standard InChI is InChI=1S/C15H16BrClN4O3/c1-9-14(16)10(2)20(19-9)7-3-6-18-15(22)11-4-5-12(17)13(8-11)21(23)24/h4-5,8H,3,6-7H2,1-2H3,(H,18,22). The fourth-order valence-corrected chi connectivity index (χ4v) is 2.69. The number of aromatic nitrogens is 2. The number of nitro benzene ring substituents is 1. The van der Waals surface area contributed by atoms with Crippen LogP contribution in [0.25, 0.3) is 0 Å². The van der Waals surface area contributed by atoms with Gasteiger partial charge >= 0.3 is 0 Å². The van der Waals surface area contributed by atoms with Crippen molar-refractivity contribution >= 4 is 39.1 Å². The first-order chi connectivity index (χ1) is 11.3. The normalized spacial score (nSPS) is 10.7. The van der Waals surface area contributed by atoms with Crippen LogP contribution in [0.4, 0.5) is 5.69 Å². The summed E-state index contributed by atoms with van der Waals surface area (Å²) in [6, 6.07) is 3.99. The molecule has 0 fully saturated rings. The van der Waals surface area contributed by atoms with Crippen molar-refractivity contribution < 1.29 is 9.72 Å². The largest absolute Gasteiger partial charge is 0.352 e. The zero-order valence-corrected chi connectivity index (χ0v) is 15.5. The van der Waals surface area contributed by atoms with Crippen molar-refractivity contribution in [2.24, 2.45) is 0 Å². The topological polar surface area (TPSA) is 90.1 Å². The SMILES string of the molecule is Cc1nn(CCCNC(=O)c2ccc(Cl)c([N+](=O)[O-])c2)c(C)c1Br. The molecule has 24 heavy (non-hydrogen) atoms. The van der Waals surface area contributed by atoms with E-state index < -0.39 is 4.92 Å². The molecule has 1 heterocycles. The van der Waals surface area contributed by atoms with E-state index in [2.05, 4.69) is 26.3 Å². The van der Waals surface area contributed by atoms with E-state index in [1.807, 2.05) is 18.5 Å². The van der Waals surface area contributed by atoms with Crippen LogP contribution in [0.5, 0.6) is 0 Å². The molecule has 0 atom stereocenters. The number of halogens is 2. The highest BCUT2D eigenvalue weighted by molar-refractivity contribution is 9.10. The molecular formula is C15H16BrClN4O3. The van der Waals surface area contributed by atoms with Crippen molar-refractivity contribution in [3.05, 3.63) is 54.8 Å². The Morgan fingerprint density at radius 2 is 2.17 bits per heavy atom. The summed E-state index contributed by atoms with van der Waals surface area (Å²) < 4.78 is 2.86. The van der Waals surface area contributed by atoms with Gasteiger partial charge in [0.25, 0.3) is 11.6 Å². The van der Waals surface area contributed by atoms with Gasteiger partial charge in [-0.1, -0.05) is 11.6 Å². The number of nitrogens with one attached hydrogen (secondary N) is 1. The van der Waals surface area contributed by atoms with Gasteiger partial charge in [-0.25, -0.2) is 0 Å². The van der Waals surface area contributed by atoms with E-state index in [-0.39, 0.29) is 22.2 Å². The van der Waals surface area contributed by atoms with E-state index in [9.17, 15) is 14.9 Å². The number of amides is 1. The van der Waals surface area contributed by atoms with Crippen LogP contribution in [0.2, 0.25) is 5.02 Å². The predicted molar refractivity (Wildman–Crippen MR) is 94.5 cm³/mol. The Balaban J connectivity index is 1.90. The number of carbonyl (C=O) groups is 1. The van der Waals surface area contributed by atoms with Crippen molar-refractivity contribution in [1.29, 1.82) is 0 Å². The lowest BCUT2D eigenvalue weighted by atomic mass is 10.2. The highest BCUT2D eigenvalue weighted by Gasteiger charge is 2.16. The van der Waals surface area contributed by atoms with Crippen molar-refractivity contribution in [3.8, 4) is 0 Å². The average molecular weight is 416 g/mol. The van der Waals surface area contributed by atoms with Crippen LogP contribution in [0.15, 0.2) is 22.7 Å². The Bertz CT molecular complexity index is 791. The lowest BCUT2D eigenvalue weighted by Crippen LogP contribution is -2.25. The Morgan fingerprint density at radius 1 is 1.46 bits per heavy atom. The number of nitrogens with zero attached hydrogens (tertiary/aromatic N) is 3. The third-order valence-electron chi connectivity index (χ3n) is 3.53. The molecule has 128 valence electrons. The van der Waals surface area contributed by atoms with E-state index in [0.717, 1.165) is 15.9 Å². The second kappa shape index (κ2) is 7.76. The van der Waals surface area contributed by atoms with Gasteiger partial charge < -0.3 is 5.32 Å². The van der Waals surface area contributed by atoms with Crippen molar-refractivity contribution in [3.63, 3.8) is 0 Å². The number of hydrogen-bond acceptors (Lipinski definition) is 4. The van der Waals surface area contributed by atoms with E-state index in [1.54, 1.807) is 0 Å². The second-order valence-electron chi connectivity index (χ2n) is 5.24. The van der Waals surface area contributed by atoms with Gasteiger partial charge in [-0.3, -0.25) is 19.6 Å². The van der Waals surface area contributed by atoms with Crippen LogP contribution in [0, 0.1) is 24.0 Å². The van der Waals surface area contributed by atoms with E-state index >= 15 is 0 Å². The first-order valence-corrected chi connectivity index (χ1v) is 8.40. The third-order valence-corrected chi connectivity index (χ3v) is 5.00. The molecule has 1 amide bonds. The zero-order valence-electron chi connectivity index (χ0n) is 13.2. The summed E-state index contributed by atoms with van der Waals surface area (Å²) in [4.78, 5) is 22.3. The number of carbonyl (C=O) groups excluding carboxylic acids is 1. The van der Waals surface area contributed by atoms with Crippen LogP contribution >= 0.6 is 27.5 Å². The molecule has 0 aliphatic carbocycles. The summed E-state index contributed by atoms with van der Waals surface area (Å²) in [6.45, 7) is 4.99. The summed E-state index contributed by atoms with van der Waals surface area (Å²) in [5.74, 6) is -0.371. The molecule has 0 saturated carbocycles. The Hall–Kier alpha value is -1.93. The fraction of sp³-hybridized carbons (Fsp3) is 0.333. The maximum atomic E-state index is 12.1. The molecule has 1 aromatic carbocycles. The minimum absolute atomic E-state index is 0.00616. The van der Waals surface area contributed by atoms with Gasteiger partial charge in [0, 0.05) is 30.4 Å². The number of hydrogen-bond donors (Lipinski definition) is 1. The van der Waals surface area contributed by atoms with Gasteiger partial charge in [0.2, 0.25) is 0 Å². The quantitative estimate of drug-likeness (QED) is 0.443. The molecule has 9 heteroatoms. The Labute approximate surface area is 152 Å². The summed E-state index contributed by atoms with van der Waals surface area (Å²) in [5.41, 5.74) is 1.88. The molecule has 1 N–H and O–H groups in total. The second-order valence-corrected chi connectivity index (χ2v) is 6.44. The smallest absolute Gasteiger partial charge is 0.288 e. The monoisotopic (exact) mass is 414 g/mol. The van der Waals surface area contributed by atoms with Crippen LogP contribution < -0.4 is 5.32 Å². The lowest BCUT2D eigenvalue weighted by Gasteiger charge is -2.07. The highest BCUT2D eigenvalue weighted by Crippen LogP contribution is 2.25. The molecule has 7 nitrogen and oxygen atoms in total. The van der Waals surface area contributed by atoms with Gasteiger partial charge in [0.15, 0.2) is 0 Å². The fourth-order valence-electron chi connectivity index (χ4n) is 2.22. The van der Waals surface area contributed by atoms with Crippen molar-refractivity contribution in [2.45, 2.75) is 26.8 Å². The zero-order chi connectivity index (χ0) is 17.9. The lowest BCUT2D eigenvalue weighted by molar-refractivity contribution is -0.384. The van der Waals surface area contributed by atoms with Gasteiger partial charge in [0.1, 0.15) is 5.02 Å². The molecule has 0 aliphatic heterocycles.